The first-order valence-electron chi connectivity index (χ1n) is 9.85. The van der Waals surface area contributed by atoms with Gasteiger partial charge >= 0.3 is 0 Å². The molecule has 0 spiro atoms. The fourth-order valence-electron chi connectivity index (χ4n) is 2.85. The molecular formula is C24H31F5. The van der Waals surface area contributed by atoms with E-state index in [1.165, 1.54) is 17.5 Å². The Bertz CT molecular complexity index is 770. The molecule has 0 aliphatic carbocycles. The van der Waals surface area contributed by atoms with Crippen LogP contribution in [0.25, 0.3) is 0 Å². The SMILES string of the molecule is CC(C)Cc1c(F)c(F)c(F)c(F)c1F.CC(C)Cc1ccc(C(C)(C)C)cc1. The first-order valence-corrected chi connectivity index (χ1v) is 9.85. The van der Waals surface area contributed by atoms with Gasteiger partial charge in [-0.3, -0.25) is 0 Å². The van der Waals surface area contributed by atoms with Crippen molar-refractivity contribution in [2.75, 3.05) is 0 Å². The van der Waals surface area contributed by atoms with Crippen LogP contribution in [0.3, 0.4) is 0 Å². The van der Waals surface area contributed by atoms with Crippen LogP contribution in [0.15, 0.2) is 24.3 Å². The molecule has 0 aliphatic rings. The number of halogens is 5. The van der Waals surface area contributed by atoms with E-state index in [1.54, 1.807) is 13.8 Å². The number of hydrogen-bond donors (Lipinski definition) is 0. The second kappa shape index (κ2) is 10.2. The zero-order valence-corrected chi connectivity index (χ0v) is 18.3. The maximum absolute atomic E-state index is 13.0. The summed E-state index contributed by atoms with van der Waals surface area (Å²) < 4.78 is 64.1. The summed E-state index contributed by atoms with van der Waals surface area (Å²) in [6, 6.07) is 9.05. The van der Waals surface area contributed by atoms with E-state index in [0.717, 1.165) is 5.92 Å². The lowest BCUT2D eigenvalue weighted by atomic mass is 9.86. The number of hydrogen-bond acceptors (Lipinski definition) is 0. The molecule has 0 atom stereocenters. The quantitative estimate of drug-likeness (QED) is 0.272. The van der Waals surface area contributed by atoms with Gasteiger partial charge < -0.3 is 0 Å². The smallest absolute Gasteiger partial charge is 0.200 e. The van der Waals surface area contributed by atoms with Gasteiger partial charge in [0.15, 0.2) is 23.3 Å². The van der Waals surface area contributed by atoms with Crippen LogP contribution in [-0.2, 0) is 18.3 Å². The molecule has 0 saturated carbocycles. The molecule has 0 N–H and O–H groups in total. The highest BCUT2D eigenvalue weighted by Crippen LogP contribution is 2.25. The van der Waals surface area contributed by atoms with Crippen molar-refractivity contribution in [1.82, 2.24) is 0 Å². The van der Waals surface area contributed by atoms with E-state index < -0.39 is 34.6 Å². The van der Waals surface area contributed by atoms with Gasteiger partial charge in [0.1, 0.15) is 0 Å². The Kier molecular flexibility index (Phi) is 8.85. The maximum atomic E-state index is 13.0. The minimum Gasteiger partial charge on any atom is -0.203 e. The van der Waals surface area contributed by atoms with Crippen LogP contribution in [-0.4, -0.2) is 0 Å². The molecule has 2 aromatic rings. The highest BCUT2D eigenvalue weighted by Gasteiger charge is 2.25. The molecule has 0 unspecified atom stereocenters. The highest BCUT2D eigenvalue weighted by atomic mass is 19.2. The lowest BCUT2D eigenvalue weighted by Crippen LogP contribution is -2.10. The first-order chi connectivity index (χ1) is 13.3. The van der Waals surface area contributed by atoms with Crippen molar-refractivity contribution in [3.63, 3.8) is 0 Å². The van der Waals surface area contributed by atoms with Crippen LogP contribution in [0.2, 0.25) is 0 Å². The maximum Gasteiger partial charge on any atom is 0.200 e. The van der Waals surface area contributed by atoms with Crippen LogP contribution in [0.1, 0.15) is 65.2 Å². The predicted octanol–water partition coefficient (Wildman–Crippen LogP) is 7.76. The molecule has 0 aliphatic heterocycles. The third kappa shape index (κ3) is 7.13. The second-order valence-corrected chi connectivity index (χ2v) is 9.19. The normalized spacial score (nSPS) is 11.7. The molecular weight excluding hydrogens is 383 g/mol. The van der Waals surface area contributed by atoms with E-state index in [1.807, 2.05) is 0 Å². The summed E-state index contributed by atoms with van der Waals surface area (Å²) in [5.74, 6) is -8.81. The Labute approximate surface area is 171 Å². The number of rotatable bonds is 4. The van der Waals surface area contributed by atoms with Crippen molar-refractivity contribution in [3.8, 4) is 0 Å². The molecule has 2 rings (SSSR count). The van der Waals surface area contributed by atoms with E-state index in [0.29, 0.717) is 0 Å². The zero-order chi connectivity index (χ0) is 22.5. The second-order valence-electron chi connectivity index (χ2n) is 9.19. The summed E-state index contributed by atoms with van der Waals surface area (Å²) in [4.78, 5) is 0. The Morgan fingerprint density at radius 1 is 0.621 bits per heavy atom. The van der Waals surface area contributed by atoms with Gasteiger partial charge in [0.05, 0.1) is 0 Å². The van der Waals surface area contributed by atoms with Crippen molar-refractivity contribution < 1.29 is 22.0 Å². The Morgan fingerprint density at radius 2 is 1.00 bits per heavy atom. The van der Waals surface area contributed by atoms with E-state index in [9.17, 15) is 22.0 Å². The molecule has 0 nitrogen and oxygen atoms in total. The van der Waals surface area contributed by atoms with Gasteiger partial charge in [-0.1, -0.05) is 72.7 Å². The molecule has 0 heterocycles. The molecule has 0 amide bonds. The third-order valence-corrected chi connectivity index (χ3v) is 4.38. The van der Waals surface area contributed by atoms with Gasteiger partial charge in [0, 0.05) is 5.56 Å². The number of benzene rings is 2. The van der Waals surface area contributed by atoms with E-state index in [-0.39, 0.29) is 17.8 Å². The average molecular weight is 415 g/mol. The van der Waals surface area contributed by atoms with Gasteiger partial charge in [-0.25, -0.2) is 22.0 Å². The molecule has 2 aromatic carbocycles. The molecule has 5 heteroatoms. The molecule has 0 radical (unpaired) electrons. The monoisotopic (exact) mass is 414 g/mol. The van der Waals surface area contributed by atoms with Crippen LogP contribution in [0.4, 0.5) is 22.0 Å². The van der Waals surface area contributed by atoms with Gasteiger partial charge in [-0.2, -0.15) is 0 Å². The lowest BCUT2D eigenvalue weighted by Gasteiger charge is -2.19. The zero-order valence-electron chi connectivity index (χ0n) is 18.3. The standard InChI is InChI=1S/C14H22.C10H9F5/c1-11(2)10-12-6-8-13(9-7-12)14(3,4)5;1-4(2)3-5-6(11)8(13)10(15)9(14)7(5)12/h6-9,11H,10H2,1-5H3;4H,3H2,1-2H3. The van der Waals surface area contributed by atoms with Crippen LogP contribution < -0.4 is 0 Å². The van der Waals surface area contributed by atoms with Crippen molar-refractivity contribution >= 4 is 0 Å². The van der Waals surface area contributed by atoms with Gasteiger partial charge in [0.25, 0.3) is 0 Å². The van der Waals surface area contributed by atoms with Crippen LogP contribution in [0.5, 0.6) is 0 Å². The fraction of sp³-hybridized carbons (Fsp3) is 0.500. The predicted molar refractivity (Wildman–Crippen MR) is 108 cm³/mol. The largest absolute Gasteiger partial charge is 0.203 e. The minimum absolute atomic E-state index is 0.189. The van der Waals surface area contributed by atoms with Crippen molar-refractivity contribution in [1.29, 1.82) is 0 Å². The van der Waals surface area contributed by atoms with Crippen molar-refractivity contribution in [2.24, 2.45) is 11.8 Å². The third-order valence-electron chi connectivity index (χ3n) is 4.38. The fourth-order valence-corrected chi connectivity index (χ4v) is 2.85. The van der Waals surface area contributed by atoms with E-state index in [2.05, 4.69) is 58.9 Å². The first kappa shape index (κ1) is 25.1. The van der Waals surface area contributed by atoms with Gasteiger partial charge in [-0.15, -0.1) is 0 Å². The summed E-state index contributed by atoms with van der Waals surface area (Å²) in [5.41, 5.74) is 2.40. The summed E-state index contributed by atoms with van der Waals surface area (Å²) in [6.45, 7) is 14.5. The molecule has 0 bridgehead atoms. The van der Waals surface area contributed by atoms with E-state index >= 15 is 0 Å². The molecule has 0 saturated heterocycles. The van der Waals surface area contributed by atoms with Crippen molar-refractivity contribution in [2.45, 2.75) is 66.7 Å². The molecule has 29 heavy (non-hydrogen) atoms. The lowest BCUT2D eigenvalue weighted by molar-refractivity contribution is 0.366. The Morgan fingerprint density at radius 3 is 1.34 bits per heavy atom. The summed E-state index contributed by atoms with van der Waals surface area (Å²) in [5, 5.41) is 0. The topological polar surface area (TPSA) is 0 Å². The summed E-state index contributed by atoms with van der Waals surface area (Å²) in [6.07, 6.45) is 0.996. The van der Waals surface area contributed by atoms with E-state index in [4.69, 9.17) is 0 Å². The summed E-state index contributed by atoms with van der Waals surface area (Å²) in [7, 11) is 0. The molecule has 0 aromatic heterocycles. The minimum atomic E-state index is -2.11. The van der Waals surface area contributed by atoms with Crippen molar-refractivity contribution in [3.05, 3.63) is 70.0 Å². The molecule has 0 fully saturated rings. The molecule has 162 valence electrons. The Balaban J connectivity index is 0.000000291. The van der Waals surface area contributed by atoms with Crippen LogP contribution >= 0.6 is 0 Å². The Hall–Kier alpha value is -1.91. The average Bonchev–Trinajstić information content (AvgIpc) is 2.61. The van der Waals surface area contributed by atoms with Gasteiger partial charge in [-0.05, 0) is 41.2 Å². The van der Waals surface area contributed by atoms with Crippen LogP contribution in [0, 0.1) is 40.9 Å². The van der Waals surface area contributed by atoms with Gasteiger partial charge in [0.2, 0.25) is 5.82 Å². The summed E-state index contributed by atoms with van der Waals surface area (Å²) >= 11 is 0. The highest BCUT2D eigenvalue weighted by molar-refractivity contribution is 5.27.